The first-order valence-electron chi connectivity index (χ1n) is 5.71. The van der Waals surface area contributed by atoms with Gasteiger partial charge in [0.05, 0.1) is 22.4 Å². The van der Waals surface area contributed by atoms with Crippen LogP contribution in [-0.4, -0.2) is 22.6 Å². The fourth-order valence-electron chi connectivity index (χ4n) is 1.80. The maximum Gasteiger partial charge on any atom is 0.390 e. The van der Waals surface area contributed by atoms with E-state index in [0.29, 0.717) is 5.69 Å². The molecule has 0 aliphatic heterocycles. The standard InChI is InChI=1S/C12H10F3N3O2/c13-12(14,15)5-7-16-9-3-4-10(18(19)20)8-2-1-6-17-11(8)9/h1-4,6,16H,5,7H2. The summed E-state index contributed by atoms with van der Waals surface area (Å²) in [7, 11) is 0. The lowest BCUT2D eigenvalue weighted by atomic mass is 10.1. The van der Waals surface area contributed by atoms with Crippen molar-refractivity contribution in [1.29, 1.82) is 0 Å². The molecule has 1 N–H and O–H groups in total. The molecule has 1 aromatic carbocycles. The van der Waals surface area contributed by atoms with Crippen molar-refractivity contribution < 1.29 is 18.1 Å². The molecule has 0 aliphatic rings. The Hall–Kier alpha value is -2.38. The van der Waals surface area contributed by atoms with Crippen molar-refractivity contribution in [1.82, 2.24) is 4.98 Å². The van der Waals surface area contributed by atoms with E-state index in [1.54, 1.807) is 0 Å². The van der Waals surface area contributed by atoms with Crippen molar-refractivity contribution in [2.45, 2.75) is 12.6 Å². The van der Waals surface area contributed by atoms with Gasteiger partial charge in [0.15, 0.2) is 0 Å². The fourth-order valence-corrected chi connectivity index (χ4v) is 1.80. The summed E-state index contributed by atoms with van der Waals surface area (Å²) in [6, 6.07) is 5.66. The van der Waals surface area contributed by atoms with E-state index in [9.17, 15) is 23.3 Å². The topological polar surface area (TPSA) is 68.1 Å². The van der Waals surface area contributed by atoms with Crippen LogP contribution in [0.1, 0.15) is 6.42 Å². The minimum absolute atomic E-state index is 0.130. The Morgan fingerprint density at radius 1 is 1.30 bits per heavy atom. The summed E-state index contributed by atoms with van der Waals surface area (Å²) in [6.07, 6.45) is -3.81. The number of hydrogen-bond acceptors (Lipinski definition) is 4. The van der Waals surface area contributed by atoms with Crippen LogP contribution < -0.4 is 5.32 Å². The quantitative estimate of drug-likeness (QED) is 0.689. The highest BCUT2D eigenvalue weighted by molar-refractivity contribution is 5.96. The molecule has 2 rings (SSSR count). The van der Waals surface area contributed by atoms with E-state index in [0.717, 1.165) is 0 Å². The number of nitrogens with one attached hydrogen (secondary N) is 1. The van der Waals surface area contributed by atoms with Gasteiger partial charge in [0, 0.05) is 18.8 Å². The maximum absolute atomic E-state index is 12.1. The number of nitro groups is 1. The van der Waals surface area contributed by atoms with Crippen molar-refractivity contribution >= 4 is 22.3 Å². The number of rotatable bonds is 4. The van der Waals surface area contributed by atoms with Gasteiger partial charge in [0.25, 0.3) is 5.69 Å². The van der Waals surface area contributed by atoms with Crippen molar-refractivity contribution in [2.24, 2.45) is 0 Å². The average Bonchev–Trinajstić information content (AvgIpc) is 2.37. The van der Waals surface area contributed by atoms with Crippen LogP contribution in [0.15, 0.2) is 30.5 Å². The van der Waals surface area contributed by atoms with Crippen LogP contribution in [0.4, 0.5) is 24.5 Å². The fraction of sp³-hybridized carbons (Fsp3) is 0.250. The third-order valence-corrected chi connectivity index (χ3v) is 2.67. The van der Waals surface area contributed by atoms with E-state index in [1.807, 2.05) is 0 Å². The summed E-state index contributed by atoms with van der Waals surface area (Å²) in [4.78, 5) is 14.3. The van der Waals surface area contributed by atoms with Crippen LogP contribution in [0.3, 0.4) is 0 Å². The number of alkyl halides is 3. The molecular formula is C12H10F3N3O2. The highest BCUT2D eigenvalue weighted by atomic mass is 19.4. The SMILES string of the molecule is O=[N+]([O-])c1ccc(NCCC(F)(F)F)c2ncccc12. The number of nitrogens with zero attached hydrogens (tertiary/aromatic N) is 2. The predicted octanol–water partition coefficient (Wildman–Crippen LogP) is 3.51. The van der Waals surface area contributed by atoms with E-state index in [1.165, 1.54) is 30.5 Å². The molecule has 5 nitrogen and oxygen atoms in total. The Morgan fingerprint density at radius 2 is 2.05 bits per heavy atom. The molecule has 0 saturated heterocycles. The highest BCUT2D eigenvalue weighted by Gasteiger charge is 2.26. The number of fused-ring (bicyclic) bond motifs is 1. The molecule has 0 spiro atoms. The number of non-ortho nitro benzene ring substituents is 1. The van der Waals surface area contributed by atoms with Gasteiger partial charge in [-0.25, -0.2) is 0 Å². The molecule has 1 heterocycles. The van der Waals surface area contributed by atoms with Gasteiger partial charge in [-0.05, 0) is 18.2 Å². The lowest BCUT2D eigenvalue weighted by Crippen LogP contribution is -2.14. The van der Waals surface area contributed by atoms with Gasteiger partial charge in [0.1, 0.15) is 5.52 Å². The summed E-state index contributed by atoms with van der Waals surface area (Å²) >= 11 is 0. The first-order valence-corrected chi connectivity index (χ1v) is 5.71. The van der Waals surface area contributed by atoms with E-state index in [-0.39, 0.29) is 23.1 Å². The van der Waals surface area contributed by atoms with Gasteiger partial charge in [-0.2, -0.15) is 13.2 Å². The molecule has 1 aromatic heterocycles. The smallest absolute Gasteiger partial charge is 0.383 e. The zero-order valence-electron chi connectivity index (χ0n) is 10.1. The highest BCUT2D eigenvalue weighted by Crippen LogP contribution is 2.30. The number of benzene rings is 1. The van der Waals surface area contributed by atoms with Crippen LogP contribution in [0, 0.1) is 10.1 Å². The van der Waals surface area contributed by atoms with Gasteiger partial charge in [-0.1, -0.05) is 0 Å². The van der Waals surface area contributed by atoms with Crippen molar-refractivity contribution in [3.8, 4) is 0 Å². The summed E-state index contributed by atoms with van der Waals surface area (Å²) in [5.41, 5.74) is 0.494. The Labute approximate surface area is 111 Å². The Morgan fingerprint density at radius 3 is 2.70 bits per heavy atom. The van der Waals surface area contributed by atoms with E-state index >= 15 is 0 Å². The van der Waals surface area contributed by atoms with Crippen LogP contribution in [0.2, 0.25) is 0 Å². The Bertz CT molecular complexity index is 643. The van der Waals surface area contributed by atoms with Crippen LogP contribution in [0.25, 0.3) is 10.9 Å². The van der Waals surface area contributed by atoms with Gasteiger partial charge >= 0.3 is 6.18 Å². The van der Waals surface area contributed by atoms with Gasteiger partial charge in [-0.3, -0.25) is 15.1 Å². The van der Waals surface area contributed by atoms with E-state index in [4.69, 9.17) is 0 Å². The molecule has 0 aliphatic carbocycles. The molecule has 0 fully saturated rings. The minimum Gasteiger partial charge on any atom is -0.383 e. The van der Waals surface area contributed by atoms with Crippen molar-refractivity contribution in [3.63, 3.8) is 0 Å². The molecule has 0 saturated carbocycles. The number of nitro benzene ring substituents is 1. The number of anilines is 1. The number of hydrogen-bond donors (Lipinski definition) is 1. The summed E-state index contributed by atoms with van der Waals surface area (Å²) in [5, 5.41) is 13.8. The summed E-state index contributed by atoms with van der Waals surface area (Å²) < 4.78 is 36.3. The second-order valence-corrected chi connectivity index (χ2v) is 4.08. The molecule has 0 bridgehead atoms. The first kappa shape index (κ1) is 14.0. The number of halogens is 3. The van der Waals surface area contributed by atoms with Crippen molar-refractivity contribution in [3.05, 3.63) is 40.6 Å². The lowest BCUT2D eigenvalue weighted by Gasteiger charge is -2.10. The second kappa shape index (κ2) is 5.32. The zero-order valence-corrected chi connectivity index (χ0v) is 10.1. The van der Waals surface area contributed by atoms with Crippen LogP contribution in [-0.2, 0) is 0 Å². The molecule has 0 amide bonds. The van der Waals surface area contributed by atoms with E-state index in [2.05, 4.69) is 10.3 Å². The van der Waals surface area contributed by atoms with Gasteiger partial charge < -0.3 is 5.32 Å². The molecule has 2 aromatic rings. The average molecular weight is 285 g/mol. The molecular weight excluding hydrogens is 275 g/mol. The molecule has 0 unspecified atom stereocenters. The molecule has 8 heteroatoms. The monoisotopic (exact) mass is 285 g/mol. The van der Waals surface area contributed by atoms with Gasteiger partial charge in [0.2, 0.25) is 0 Å². The maximum atomic E-state index is 12.1. The van der Waals surface area contributed by atoms with Crippen LogP contribution >= 0.6 is 0 Å². The third kappa shape index (κ3) is 3.14. The predicted molar refractivity (Wildman–Crippen MR) is 67.6 cm³/mol. The number of aromatic nitrogens is 1. The summed E-state index contributed by atoms with van der Waals surface area (Å²) in [5.74, 6) is 0. The number of pyridine rings is 1. The molecule has 20 heavy (non-hydrogen) atoms. The third-order valence-electron chi connectivity index (χ3n) is 2.67. The van der Waals surface area contributed by atoms with E-state index < -0.39 is 17.5 Å². The molecule has 106 valence electrons. The Kier molecular flexibility index (Phi) is 3.73. The molecule has 0 atom stereocenters. The first-order chi connectivity index (χ1) is 9.38. The normalized spacial score (nSPS) is 11.6. The second-order valence-electron chi connectivity index (χ2n) is 4.08. The lowest BCUT2D eigenvalue weighted by molar-refractivity contribution is -0.383. The zero-order chi connectivity index (χ0) is 14.8. The minimum atomic E-state index is -4.25. The summed E-state index contributed by atoms with van der Waals surface area (Å²) in [6.45, 7) is -0.313. The molecule has 0 radical (unpaired) electrons. The van der Waals surface area contributed by atoms with Crippen LogP contribution in [0.5, 0.6) is 0 Å². The Balaban J connectivity index is 2.31. The van der Waals surface area contributed by atoms with Crippen molar-refractivity contribution in [2.75, 3.05) is 11.9 Å². The van der Waals surface area contributed by atoms with Gasteiger partial charge in [-0.15, -0.1) is 0 Å². The largest absolute Gasteiger partial charge is 0.390 e.